The molecule has 176 valence electrons. The Balaban J connectivity index is 1.94. The lowest BCUT2D eigenvalue weighted by atomic mass is 10.0. The Morgan fingerprint density at radius 3 is 2.24 bits per heavy atom. The summed E-state index contributed by atoms with van der Waals surface area (Å²) in [7, 11) is 0. The van der Waals surface area contributed by atoms with Crippen molar-refractivity contribution in [2.75, 3.05) is 32.9 Å². The summed E-state index contributed by atoms with van der Waals surface area (Å²) in [5.41, 5.74) is 2.73. The molecule has 0 aliphatic carbocycles. The number of amides is 2. The third-order valence-electron chi connectivity index (χ3n) is 5.55. The van der Waals surface area contributed by atoms with Crippen LogP contribution in [-0.4, -0.2) is 54.5 Å². The lowest BCUT2D eigenvalue weighted by Crippen LogP contribution is -2.36. The molecule has 1 heterocycles. The van der Waals surface area contributed by atoms with Crippen molar-refractivity contribution >= 4 is 17.4 Å². The first kappa shape index (κ1) is 24.5. The highest BCUT2D eigenvalue weighted by Gasteiger charge is 2.40. The van der Waals surface area contributed by atoms with Crippen LogP contribution in [0.4, 0.5) is 0 Å². The largest absolute Gasteiger partial charge is 0.494 e. The van der Waals surface area contributed by atoms with E-state index < -0.39 is 0 Å². The number of carbonyl (C=O) groups excluding carboxylic acids is 2. The molecule has 2 aromatic rings. The van der Waals surface area contributed by atoms with E-state index in [0.29, 0.717) is 57.1 Å². The minimum atomic E-state index is -0.250. The zero-order chi connectivity index (χ0) is 23.6. The molecule has 0 N–H and O–H groups in total. The smallest absolute Gasteiger partial charge is 0.277 e. The number of rotatable bonds is 13. The van der Waals surface area contributed by atoms with Gasteiger partial charge in [0, 0.05) is 32.8 Å². The van der Waals surface area contributed by atoms with E-state index in [2.05, 4.69) is 6.92 Å². The summed E-state index contributed by atoms with van der Waals surface area (Å²) >= 11 is 0. The molecule has 3 rings (SSSR count). The van der Waals surface area contributed by atoms with E-state index in [0.717, 1.165) is 23.3 Å². The predicted octanol–water partition coefficient (Wildman–Crippen LogP) is 4.50. The molecule has 2 aromatic carbocycles. The Bertz CT molecular complexity index is 954. The van der Waals surface area contributed by atoms with E-state index in [4.69, 9.17) is 9.47 Å². The van der Waals surface area contributed by atoms with Crippen LogP contribution in [0.1, 0.15) is 44.7 Å². The molecule has 0 aromatic heterocycles. The number of hydrogen-bond acceptors (Lipinski definition) is 5. The molecule has 2 amide bonds. The van der Waals surface area contributed by atoms with Crippen molar-refractivity contribution in [2.24, 2.45) is 0 Å². The standard InChI is InChI=1S/C27H34N2O4/c1-4-18-33-23-15-13-22(14-16-23)24-25(28(5-2)20-21-11-8-7-9-12-21)27(31)29(26(24)30)17-10-19-32-6-3/h7-9,11-16H,4-6,10,17-20H2,1-3H3. The fraction of sp³-hybridized carbons (Fsp3) is 0.407. The maximum absolute atomic E-state index is 13.5. The van der Waals surface area contributed by atoms with Gasteiger partial charge in [-0.2, -0.15) is 0 Å². The summed E-state index contributed by atoms with van der Waals surface area (Å²) in [6.45, 7) is 9.26. The molecule has 0 bridgehead atoms. The topological polar surface area (TPSA) is 59.1 Å². The second-order valence-electron chi connectivity index (χ2n) is 7.91. The van der Waals surface area contributed by atoms with Crippen LogP contribution >= 0.6 is 0 Å². The molecule has 6 heteroatoms. The van der Waals surface area contributed by atoms with E-state index in [9.17, 15) is 9.59 Å². The number of carbonyl (C=O) groups is 2. The molecule has 0 saturated carbocycles. The van der Waals surface area contributed by atoms with Crippen LogP contribution in [0.5, 0.6) is 5.75 Å². The fourth-order valence-electron chi connectivity index (χ4n) is 3.88. The van der Waals surface area contributed by atoms with Crippen molar-refractivity contribution in [3.8, 4) is 5.75 Å². The second-order valence-corrected chi connectivity index (χ2v) is 7.91. The first-order valence-corrected chi connectivity index (χ1v) is 11.8. The van der Waals surface area contributed by atoms with Crippen molar-refractivity contribution in [1.29, 1.82) is 0 Å². The molecule has 33 heavy (non-hydrogen) atoms. The lowest BCUT2D eigenvalue weighted by molar-refractivity contribution is -0.137. The van der Waals surface area contributed by atoms with Gasteiger partial charge in [-0.05, 0) is 49.9 Å². The molecule has 0 spiro atoms. The molecule has 6 nitrogen and oxygen atoms in total. The normalized spacial score (nSPS) is 13.7. The van der Waals surface area contributed by atoms with Gasteiger partial charge in [-0.3, -0.25) is 14.5 Å². The molecule has 1 aliphatic rings. The molecular weight excluding hydrogens is 416 g/mol. The van der Waals surface area contributed by atoms with E-state index in [1.807, 2.05) is 73.3 Å². The van der Waals surface area contributed by atoms with Gasteiger partial charge in [0.15, 0.2) is 0 Å². The van der Waals surface area contributed by atoms with Gasteiger partial charge in [-0.1, -0.05) is 49.4 Å². The van der Waals surface area contributed by atoms with Gasteiger partial charge >= 0.3 is 0 Å². The van der Waals surface area contributed by atoms with Gasteiger partial charge in [0.1, 0.15) is 11.4 Å². The minimum absolute atomic E-state index is 0.240. The molecular formula is C27H34N2O4. The lowest BCUT2D eigenvalue weighted by Gasteiger charge is -2.25. The Morgan fingerprint density at radius 1 is 0.879 bits per heavy atom. The fourth-order valence-corrected chi connectivity index (χ4v) is 3.88. The second kappa shape index (κ2) is 12.2. The zero-order valence-corrected chi connectivity index (χ0v) is 19.9. The number of nitrogens with zero attached hydrogens (tertiary/aromatic N) is 2. The monoisotopic (exact) mass is 450 g/mol. The maximum atomic E-state index is 13.5. The summed E-state index contributed by atoms with van der Waals surface area (Å²) in [5, 5.41) is 0. The van der Waals surface area contributed by atoms with Crippen molar-refractivity contribution in [3.05, 3.63) is 71.4 Å². The summed E-state index contributed by atoms with van der Waals surface area (Å²) in [6, 6.07) is 17.4. The highest BCUT2D eigenvalue weighted by atomic mass is 16.5. The minimum Gasteiger partial charge on any atom is -0.494 e. The van der Waals surface area contributed by atoms with E-state index in [-0.39, 0.29) is 11.8 Å². The molecule has 0 unspecified atom stereocenters. The van der Waals surface area contributed by atoms with Gasteiger partial charge in [0.25, 0.3) is 11.8 Å². The van der Waals surface area contributed by atoms with E-state index in [1.165, 1.54) is 4.90 Å². The summed E-state index contributed by atoms with van der Waals surface area (Å²) < 4.78 is 11.1. The van der Waals surface area contributed by atoms with Crippen LogP contribution in [0.15, 0.2) is 60.3 Å². The van der Waals surface area contributed by atoms with Gasteiger partial charge in [-0.25, -0.2) is 0 Å². The highest BCUT2D eigenvalue weighted by molar-refractivity contribution is 6.35. The first-order chi connectivity index (χ1) is 16.1. The maximum Gasteiger partial charge on any atom is 0.277 e. The third-order valence-corrected chi connectivity index (χ3v) is 5.55. The van der Waals surface area contributed by atoms with Crippen molar-refractivity contribution in [1.82, 2.24) is 9.80 Å². The number of imide groups is 1. The Labute approximate surface area is 196 Å². The molecule has 0 saturated heterocycles. The Hall–Kier alpha value is -3.12. The summed E-state index contributed by atoms with van der Waals surface area (Å²) in [5.74, 6) is 0.264. The number of likely N-dealkylation sites (N-methyl/N-ethyl adjacent to an activating group) is 1. The average Bonchev–Trinajstić information content (AvgIpc) is 3.09. The quantitative estimate of drug-likeness (QED) is 0.332. The molecule has 0 radical (unpaired) electrons. The average molecular weight is 451 g/mol. The highest BCUT2D eigenvalue weighted by Crippen LogP contribution is 2.33. The molecule has 1 aliphatic heterocycles. The van der Waals surface area contributed by atoms with Gasteiger partial charge < -0.3 is 14.4 Å². The van der Waals surface area contributed by atoms with Crippen LogP contribution in [-0.2, 0) is 20.9 Å². The SMILES string of the molecule is CCCOc1ccc(C2=C(N(CC)Cc3ccccc3)C(=O)N(CCCOCC)C2=O)cc1. The van der Waals surface area contributed by atoms with E-state index >= 15 is 0 Å². The van der Waals surface area contributed by atoms with Crippen molar-refractivity contribution in [3.63, 3.8) is 0 Å². The van der Waals surface area contributed by atoms with Crippen LogP contribution in [0.2, 0.25) is 0 Å². The molecule has 0 atom stereocenters. The summed E-state index contributed by atoms with van der Waals surface area (Å²) in [4.78, 5) is 30.3. The molecule has 0 fully saturated rings. The van der Waals surface area contributed by atoms with Crippen LogP contribution in [0, 0.1) is 0 Å². The zero-order valence-electron chi connectivity index (χ0n) is 19.9. The number of ether oxygens (including phenoxy) is 2. The van der Waals surface area contributed by atoms with Gasteiger partial charge in [-0.15, -0.1) is 0 Å². The van der Waals surface area contributed by atoms with E-state index in [1.54, 1.807) is 0 Å². The number of hydrogen-bond donors (Lipinski definition) is 0. The number of benzene rings is 2. The summed E-state index contributed by atoms with van der Waals surface area (Å²) in [6.07, 6.45) is 1.53. The first-order valence-electron chi connectivity index (χ1n) is 11.8. The Morgan fingerprint density at radius 2 is 1.61 bits per heavy atom. The van der Waals surface area contributed by atoms with Crippen LogP contribution < -0.4 is 4.74 Å². The van der Waals surface area contributed by atoms with Gasteiger partial charge in [0.05, 0.1) is 12.2 Å². The van der Waals surface area contributed by atoms with Crippen LogP contribution in [0.3, 0.4) is 0 Å². The van der Waals surface area contributed by atoms with Crippen LogP contribution in [0.25, 0.3) is 5.57 Å². The van der Waals surface area contributed by atoms with Gasteiger partial charge in [0.2, 0.25) is 0 Å². The van der Waals surface area contributed by atoms with Crippen molar-refractivity contribution < 1.29 is 19.1 Å². The third kappa shape index (κ3) is 6.02. The predicted molar refractivity (Wildman–Crippen MR) is 130 cm³/mol. The Kier molecular flexibility index (Phi) is 9.07. The van der Waals surface area contributed by atoms with Crippen molar-refractivity contribution in [2.45, 2.75) is 40.2 Å².